The first-order valence-electron chi connectivity index (χ1n) is 5.14. The van der Waals surface area contributed by atoms with E-state index in [1.807, 2.05) is 0 Å². The number of nitrogens with zero attached hydrogens (tertiary/aromatic N) is 2. The maximum Gasteiger partial charge on any atom is 0.342 e. The largest absolute Gasteiger partial charge is 0.394 e. The molecule has 104 valence electrons. The monoisotopic (exact) mass is 283 g/mol. The van der Waals surface area contributed by atoms with E-state index in [-0.39, 0.29) is 12.4 Å². The van der Waals surface area contributed by atoms with Gasteiger partial charge in [0.15, 0.2) is 6.23 Å². The molecule has 0 radical (unpaired) electrons. The van der Waals surface area contributed by atoms with Crippen LogP contribution in [0.4, 0.5) is 4.79 Å². The molecule has 9 nitrogen and oxygen atoms in total. The zero-order valence-corrected chi connectivity index (χ0v) is 10.0. The Bertz CT molecular complexity index is 307. The lowest BCUT2D eigenvalue weighted by Gasteiger charge is -2.19. The molecule has 1 heterocycles. The molecule has 0 bridgehead atoms. The lowest BCUT2D eigenvalue weighted by molar-refractivity contribution is -0.0298. The van der Waals surface area contributed by atoms with Crippen molar-refractivity contribution in [1.29, 1.82) is 0 Å². The molecule has 0 aromatic heterocycles. The molecule has 18 heavy (non-hydrogen) atoms. The number of carbonyl (C=O) groups is 1. The highest BCUT2D eigenvalue weighted by Gasteiger charge is 2.43. The van der Waals surface area contributed by atoms with E-state index in [9.17, 15) is 19.9 Å². The predicted molar refractivity (Wildman–Crippen MR) is 59.5 cm³/mol. The number of nitrogens with one attached hydrogen (secondary N) is 1. The highest BCUT2D eigenvalue weighted by molar-refractivity contribution is 6.18. The van der Waals surface area contributed by atoms with E-state index in [1.54, 1.807) is 0 Å². The summed E-state index contributed by atoms with van der Waals surface area (Å²) in [5.74, 6) is 0.00905. The highest BCUT2D eigenvalue weighted by atomic mass is 35.5. The van der Waals surface area contributed by atoms with Crippen LogP contribution in [0, 0.1) is 4.91 Å². The quantitative estimate of drug-likeness (QED) is 0.272. The Hall–Kier alpha value is -1.00. The zero-order valence-electron chi connectivity index (χ0n) is 9.27. The molecule has 0 saturated carbocycles. The predicted octanol–water partition coefficient (Wildman–Crippen LogP) is -1.64. The van der Waals surface area contributed by atoms with E-state index < -0.39 is 37.2 Å². The Balaban J connectivity index is 2.57. The first kappa shape index (κ1) is 15.1. The summed E-state index contributed by atoms with van der Waals surface area (Å²) in [6.45, 7) is -0.617. The molecule has 1 fully saturated rings. The Morgan fingerprint density at radius 3 is 2.56 bits per heavy atom. The number of hydrogen-bond donors (Lipinski definition) is 4. The maximum absolute atomic E-state index is 11.5. The number of alkyl halides is 1. The van der Waals surface area contributed by atoms with Gasteiger partial charge < -0.3 is 25.4 Å². The number of halogens is 1. The normalized spacial score (nSPS) is 31.1. The maximum atomic E-state index is 11.5. The minimum Gasteiger partial charge on any atom is -0.394 e. The van der Waals surface area contributed by atoms with Gasteiger partial charge in [-0.15, -0.1) is 16.5 Å². The summed E-state index contributed by atoms with van der Waals surface area (Å²) in [5.41, 5.74) is 0. The van der Waals surface area contributed by atoms with Crippen molar-refractivity contribution in [2.45, 2.75) is 24.5 Å². The number of rotatable bonds is 5. The van der Waals surface area contributed by atoms with Gasteiger partial charge in [0.2, 0.25) is 0 Å². The summed E-state index contributed by atoms with van der Waals surface area (Å²) in [6.07, 6.45) is -4.97. The lowest BCUT2D eigenvalue weighted by Crippen LogP contribution is -2.48. The zero-order chi connectivity index (χ0) is 13.7. The molecule has 10 heteroatoms. The second-order valence-electron chi connectivity index (χ2n) is 3.60. The van der Waals surface area contributed by atoms with Crippen LogP contribution in [-0.4, -0.2) is 69.9 Å². The van der Waals surface area contributed by atoms with E-state index >= 15 is 0 Å². The van der Waals surface area contributed by atoms with Gasteiger partial charge in [0.05, 0.1) is 18.4 Å². The number of carbonyl (C=O) groups excluding carboxylic acids is 1. The average molecular weight is 284 g/mol. The van der Waals surface area contributed by atoms with Crippen LogP contribution < -0.4 is 5.32 Å². The SMILES string of the molecule is O=NN(CCCl)C(=O)N[C@H]1O[C@H](CO)[C@@H](O)[C@H]1O. The summed E-state index contributed by atoms with van der Waals surface area (Å²) in [5, 5.41) is 32.9. The lowest BCUT2D eigenvalue weighted by atomic mass is 10.1. The molecule has 0 aromatic carbocycles. The van der Waals surface area contributed by atoms with Crippen LogP contribution in [-0.2, 0) is 4.74 Å². The van der Waals surface area contributed by atoms with Crippen LogP contribution >= 0.6 is 11.6 Å². The molecular formula is C8H14ClN3O6. The van der Waals surface area contributed by atoms with Gasteiger partial charge in [0.1, 0.15) is 18.3 Å². The topological polar surface area (TPSA) is 132 Å². The molecule has 4 atom stereocenters. The molecular weight excluding hydrogens is 270 g/mol. The number of aliphatic hydroxyl groups excluding tert-OH is 3. The first-order chi connectivity index (χ1) is 8.54. The van der Waals surface area contributed by atoms with Crippen molar-refractivity contribution in [2.24, 2.45) is 5.29 Å². The van der Waals surface area contributed by atoms with Gasteiger partial charge in [0, 0.05) is 5.88 Å². The number of aliphatic hydroxyl groups is 3. The second kappa shape index (κ2) is 6.81. The third kappa shape index (κ3) is 3.27. The minimum absolute atomic E-state index is 0.00905. The average Bonchev–Trinajstić information content (AvgIpc) is 2.63. The molecule has 1 aliphatic rings. The summed E-state index contributed by atoms with van der Waals surface area (Å²) in [7, 11) is 0. The number of hydrogen-bond acceptors (Lipinski definition) is 7. The molecule has 1 rings (SSSR count). The van der Waals surface area contributed by atoms with Crippen molar-refractivity contribution in [3.8, 4) is 0 Å². The molecule has 2 amide bonds. The Kier molecular flexibility index (Phi) is 5.69. The van der Waals surface area contributed by atoms with E-state index in [4.69, 9.17) is 21.4 Å². The molecule has 1 saturated heterocycles. The number of urea groups is 1. The van der Waals surface area contributed by atoms with Crippen LogP contribution in [0.5, 0.6) is 0 Å². The van der Waals surface area contributed by atoms with Crippen molar-refractivity contribution in [3.63, 3.8) is 0 Å². The number of ether oxygens (including phenoxy) is 1. The molecule has 0 aromatic rings. The van der Waals surface area contributed by atoms with Gasteiger partial charge in [-0.1, -0.05) is 0 Å². The van der Waals surface area contributed by atoms with Crippen LogP contribution in [0.25, 0.3) is 0 Å². The third-order valence-corrected chi connectivity index (χ3v) is 2.61. The van der Waals surface area contributed by atoms with Gasteiger partial charge >= 0.3 is 6.03 Å². The fourth-order valence-electron chi connectivity index (χ4n) is 1.47. The highest BCUT2D eigenvalue weighted by Crippen LogP contribution is 2.19. The number of amides is 2. The van der Waals surface area contributed by atoms with E-state index in [1.165, 1.54) is 0 Å². The summed E-state index contributed by atoms with van der Waals surface area (Å²) >= 11 is 5.36. The fourth-order valence-corrected chi connectivity index (χ4v) is 1.63. The third-order valence-electron chi connectivity index (χ3n) is 2.44. The van der Waals surface area contributed by atoms with Crippen LogP contribution in [0.2, 0.25) is 0 Å². The minimum atomic E-state index is -1.41. The van der Waals surface area contributed by atoms with Crippen molar-refractivity contribution < 1.29 is 24.9 Å². The first-order valence-corrected chi connectivity index (χ1v) is 5.68. The molecule has 0 unspecified atom stereocenters. The van der Waals surface area contributed by atoms with Crippen LogP contribution in [0.1, 0.15) is 0 Å². The van der Waals surface area contributed by atoms with Crippen molar-refractivity contribution in [2.75, 3.05) is 19.0 Å². The molecule has 0 aliphatic carbocycles. The second-order valence-corrected chi connectivity index (χ2v) is 3.98. The van der Waals surface area contributed by atoms with Crippen molar-refractivity contribution in [1.82, 2.24) is 10.3 Å². The van der Waals surface area contributed by atoms with Gasteiger partial charge in [-0.2, -0.15) is 5.01 Å². The Labute approximate surface area is 107 Å². The van der Waals surface area contributed by atoms with Gasteiger partial charge in [-0.05, 0) is 0 Å². The van der Waals surface area contributed by atoms with Gasteiger partial charge in [-0.25, -0.2) is 4.79 Å². The number of nitroso groups, excluding NO2 is 1. The van der Waals surface area contributed by atoms with E-state index in [0.29, 0.717) is 5.01 Å². The van der Waals surface area contributed by atoms with Gasteiger partial charge in [0.25, 0.3) is 0 Å². The van der Waals surface area contributed by atoms with E-state index in [2.05, 4.69) is 10.6 Å². The summed E-state index contributed by atoms with van der Waals surface area (Å²) < 4.78 is 4.99. The fraction of sp³-hybridized carbons (Fsp3) is 0.875. The Morgan fingerprint density at radius 1 is 1.44 bits per heavy atom. The standard InChI is InChI=1S/C8H14ClN3O6/c9-1-2-12(11-17)8(16)10-7-6(15)5(14)4(3-13)18-7/h4-7,13-15H,1-3H2,(H,10,16)/t4-,5-,6-,7+/m1/s1. The summed E-state index contributed by atoms with van der Waals surface area (Å²) in [4.78, 5) is 21.8. The van der Waals surface area contributed by atoms with Crippen molar-refractivity contribution >= 4 is 17.6 Å². The molecule has 0 spiro atoms. The van der Waals surface area contributed by atoms with E-state index in [0.717, 1.165) is 0 Å². The summed E-state index contributed by atoms with van der Waals surface area (Å²) in [6, 6.07) is -0.916. The molecule has 4 N–H and O–H groups in total. The smallest absolute Gasteiger partial charge is 0.342 e. The Morgan fingerprint density at radius 2 is 2.11 bits per heavy atom. The van der Waals surface area contributed by atoms with Crippen molar-refractivity contribution in [3.05, 3.63) is 4.91 Å². The van der Waals surface area contributed by atoms with Crippen LogP contribution in [0.3, 0.4) is 0 Å². The van der Waals surface area contributed by atoms with Crippen LogP contribution in [0.15, 0.2) is 5.29 Å². The van der Waals surface area contributed by atoms with Gasteiger partial charge in [-0.3, -0.25) is 0 Å². The molecule has 1 aliphatic heterocycles.